The van der Waals surface area contributed by atoms with E-state index in [0.29, 0.717) is 28.3 Å². The number of non-ortho nitro benzene ring substituents is 1. The Labute approximate surface area is 176 Å². The van der Waals surface area contributed by atoms with Crippen LogP contribution in [0.15, 0.2) is 76.6 Å². The molecule has 0 unspecified atom stereocenters. The lowest BCUT2D eigenvalue weighted by Crippen LogP contribution is -2.31. The van der Waals surface area contributed by atoms with Gasteiger partial charge in [-0.25, -0.2) is 13.4 Å². The maximum atomic E-state index is 12.7. The molecule has 0 saturated heterocycles. The molecule has 9 nitrogen and oxygen atoms in total. The number of carbonyl (C=O) groups excluding carboxylic acids is 1. The number of carbonyl (C=O) groups is 1. The molecule has 5 rings (SSSR count). The van der Waals surface area contributed by atoms with Crippen LogP contribution >= 0.6 is 0 Å². The first kappa shape index (κ1) is 18.9. The third-order valence-corrected chi connectivity index (χ3v) is 6.54. The van der Waals surface area contributed by atoms with E-state index in [0.717, 1.165) is 17.7 Å². The fraction of sp³-hybridized carbons (Fsp3) is 0.0476. The average molecular weight is 434 g/mol. The molecule has 0 radical (unpaired) electrons. The van der Waals surface area contributed by atoms with Gasteiger partial charge in [-0.05, 0) is 42.0 Å². The lowest BCUT2D eigenvalue weighted by molar-refractivity contribution is -0.384. The van der Waals surface area contributed by atoms with Gasteiger partial charge in [-0.1, -0.05) is 18.2 Å². The number of sulfonamides is 1. The Kier molecular flexibility index (Phi) is 4.12. The van der Waals surface area contributed by atoms with E-state index in [1.807, 2.05) is 12.1 Å². The number of hydrogen-bond acceptors (Lipinski definition) is 6. The number of anilines is 1. The van der Waals surface area contributed by atoms with Crippen LogP contribution in [0.2, 0.25) is 0 Å². The molecular formula is C21H14N4O5S. The number of fused-ring (bicyclic) bond motifs is 4. The van der Waals surface area contributed by atoms with E-state index in [2.05, 4.69) is 9.71 Å². The minimum Gasteiger partial charge on any atom is -0.288 e. The molecule has 0 bridgehead atoms. The summed E-state index contributed by atoms with van der Waals surface area (Å²) in [4.78, 5) is 28.9. The van der Waals surface area contributed by atoms with Crippen molar-refractivity contribution in [2.24, 2.45) is 4.99 Å². The summed E-state index contributed by atoms with van der Waals surface area (Å²) < 4.78 is 27.8. The van der Waals surface area contributed by atoms with E-state index >= 15 is 0 Å². The molecule has 3 aromatic carbocycles. The van der Waals surface area contributed by atoms with E-state index in [1.165, 1.54) is 12.1 Å². The number of benzene rings is 3. The van der Waals surface area contributed by atoms with Crippen molar-refractivity contribution < 1.29 is 18.1 Å². The van der Waals surface area contributed by atoms with Crippen LogP contribution < -0.4 is 4.72 Å². The summed E-state index contributed by atoms with van der Waals surface area (Å²) in [5.41, 5.74) is 2.84. The number of aliphatic imine (C=N–C) groups is 1. The van der Waals surface area contributed by atoms with Crippen molar-refractivity contribution in [3.8, 4) is 0 Å². The summed E-state index contributed by atoms with van der Waals surface area (Å²) >= 11 is 0. The lowest BCUT2D eigenvalue weighted by Gasteiger charge is -2.24. The lowest BCUT2D eigenvalue weighted by atomic mass is 10.1. The standard InChI is InChI=1S/C21H14N4O5S/c26-21-18-4-2-1-3-17(18)20-22-19-10-5-14(11-13(19)12-24(20)21)23-31(29,30)16-8-6-15(7-9-16)25(27)28/h1-11,23H,12H2. The highest BCUT2D eigenvalue weighted by Gasteiger charge is 2.36. The first-order chi connectivity index (χ1) is 14.8. The van der Waals surface area contributed by atoms with E-state index in [1.54, 1.807) is 35.2 Å². The molecule has 0 saturated carbocycles. The third-order valence-electron chi connectivity index (χ3n) is 5.14. The quantitative estimate of drug-likeness (QED) is 0.498. The second kappa shape index (κ2) is 6.74. The number of amides is 1. The summed E-state index contributed by atoms with van der Waals surface area (Å²) in [6.45, 7) is 0.273. The third kappa shape index (κ3) is 3.13. The fourth-order valence-corrected chi connectivity index (χ4v) is 4.70. The number of nitrogens with zero attached hydrogens (tertiary/aromatic N) is 3. The molecule has 1 N–H and O–H groups in total. The van der Waals surface area contributed by atoms with Gasteiger partial charge in [0, 0.05) is 23.4 Å². The van der Waals surface area contributed by atoms with Crippen LogP contribution in [-0.2, 0) is 16.6 Å². The minimum atomic E-state index is -3.94. The maximum absolute atomic E-state index is 12.7. The highest BCUT2D eigenvalue weighted by Crippen LogP contribution is 2.35. The number of nitro groups is 1. The molecule has 0 aromatic heterocycles. The van der Waals surface area contributed by atoms with E-state index in [-0.39, 0.29) is 23.0 Å². The zero-order chi connectivity index (χ0) is 21.8. The van der Waals surface area contributed by atoms with Crippen molar-refractivity contribution in [1.82, 2.24) is 4.90 Å². The van der Waals surface area contributed by atoms with Gasteiger partial charge in [0.2, 0.25) is 0 Å². The largest absolute Gasteiger partial charge is 0.288 e. The molecule has 2 aliphatic rings. The van der Waals surface area contributed by atoms with Crippen LogP contribution in [0.25, 0.3) is 0 Å². The first-order valence-corrected chi connectivity index (χ1v) is 10.7. The highest BCUT2D eigenvalue weighted by atomic mass is 32.2. The van der Waals surface area contributed by atoms with Gasteiger partial charge in [0.05, 0.1) is 27.6 Å². The topological polar surface area (TPSA) is 122 Å². The maximum Gasteiger partial charge on any atom is 0.269 e. The number of hydrogen-bond donors (Lipinski definition) is 1. The van der Waals surface area contributed by atoms with Crippen LogP contribution in [-0.4, -0.2) is 30.0 Å². The highest BCUT2D eigenvalue weighted by molar-refractivity contribution is 7.92. The number of rotatable bonds is 4. The predicted molar refractivity (Wildman–Crippen MR) is 113 cm³/mol. The van der Waals surface area contributed by atoms with Gasteiger partial charge in [-0.15, -0.1) is 0 Å². The van der Waals surface area contributed by atoms with Crippen molar-refractivity contribution in [2.45, 2.75) is 11.4 Å². The average Bonchev–Trinajstić information content (AvgIpc) is 3.04. The SMILES string of the molecule is O=C1c2ccccc2C2=Nc3ccc(NS(=O)(=O)c4ccc([N+](=O)[O-])cc4)cc3CN12. The second-order valence-corrected chi connectivity index (χ2v) is 8.75. The zero-order valence-corrected chi connectivity index (χ0v) is 16.7. The molecule has 0 atom stereocenters. The van der Waals surface area contributed by atoms with Gasteiger partial charge in [-0.2, -0.15) is 0 Å². The van der Waals surface area contributed by atoms with Gasteiger partial charge < -0.3 is 0 Å². The van der Waals surface area contributed by atoms with E-state index < -0.39 is 14.9 Å². The second-order valence-electron chi connectivity index (χ2n) is 7.07. The molecule has 2 heterocycles. The monoisotopic (exact) mass is 434 g/mol. The summed E-state index contributed by atoms with van der Waals surface area (Å²) in [5, 5.41) is 10.8. The zero-order valence-electron chi connectivity index (χ0n) is 15.8. The van der Waals surface area contributed by atoms with Gasteiger partial charge in [0.25, 0.3) is 21.6 Å². The molecule has 0 spiro atoms. The molecule has 0 aliphatic carbocycles. The number of nitro benzene ring substituents is 1. The van der Waals surface area contributed by atoms with Crippen LogP contribution in [0.5, 0.6) is 0 Å². The summed E-state index contributed by atoms with van der Waals surface area (Å²) in [5.74, 6) is 0.448. The van der Waals surface area contributed by atoms with Gasteiger partial charge in [0.1, 0.15) is 5.84 Å². The molecule has 31 heavy (non-hydrogen) atoms. The van der Waals surface area contributed by atoms with Crippen molar-refractivity contribution in [2.75, 3.05) is 4.72 Å². The van der Waals surface area contributed by atoms with Crippen LogP contribution in [0, 0.1) is 10.1 Å². The summed E-state index contributed by atoms with van der Waals surface area (Å²) in [7, 11) is -3.94. The molecule has 3 aromatic rings. The Hall–Kier alpha value is -4.05. The van der Waals surface area contributed by atoms with Crippen LogP contribution in [0.1, 0.15) is 21.5 Å². The van der Waals surface area contributed by atoms with Crippen molar-refractivity contribution in [3.63, 3.8) is 0 Å². The Bertz CT molecular complexity index is 1400. The molecule has 10 heteroatoms. The smallest absolute Gasteiger partial charge is 0.269 e. The Balaban J connectivity index is 1.44. The molecule has 154 valence electrons. The van der Waals surface area contributed by atoms with E-state index in [9.17, 15) is 23.3 Å². The van der Waals surface area contributed by atoms with Crippen molar-refractivity contribution >= 4 is 38.8 Å². The van der Waals surface area contributed by atoms with Gasteiger partial charge in [0.15, 0.2) is 0 Å². The molecule has 2 aliphatic heterocycles. The first-order valence-electron chi connectivity index (χ1n) is 9.24. The molecule has 1 amide bonds. The van der Waals surface area contributed by atoms with E-state index in [4.69, 9.17) is 0 Å². The number of amidine groups is 1. The Morgan fingerprint density at radius 1 is 1.00 bits per heavy atom. The summed E-state index contributed by atoms with van der Waals surface area (Å²) in [6.07, 6.45) is 0. The van der Waals surface area contributed by atoms with Crippen molar-refractivity contribution in [3.05, 3.63) is 93.5 Å². The molecular weight excluding hydrogens is 420 g/mol. The minimum absolute atomic E-state index is 0.0960. The number of nitrogens with one attached hydrogen (secondary N) is 1. The van der Waals surface area contributed by atoms with Crippen LogP contribution in [0.4, 0.5) is 17.1 Å². The van der Waals surface area contributed by atoms with Gasteiger partial charge in [-0.3, -0.25) is 24.5 Å². The Morgan fingerprint density at radius 2 is 1.71 bits per heavy atom. The Morgan fingerprint density at radius 3 is 2.42 bits per heavy atom. The van der Waals surface area contributed by atoms with Crippen LogP contribution in [0.3, 0.4) is 0 Å². The summed E-state index contributed by atoms with van der Waals surface area (Å²) in [6, 6.07) is 16.8. The van der Waals surface area contributed by atoms with Gasteiger partial charge >= 0.3 is 0 Å². The fourth-order valence-electron chi connectivity index (χ4n) is 3.65. The van der Waals surface area contributed by atoms with Crippen molar-refractivity contribution in [1.29, 1.82) is 0 Å². The normalized spacial score (nSPS) is 14.4. The predicted octanol–water partition coefficient (Wildman–Crippen LogP) is 3.44. The molecule has 0 fully saturated rings.